The van der Waals surface area contributed by atoms with Crippen LogP contribution in [0, 0.1) is 0 Å². The number of aliphatic hydroxyl groups is 1. The van der Waals surface area contributed by atoms with Crippen LogP contribution in [0.15, 0.2) is 5.38 Å². The quantitative estimate of drug-likeness (QED) is 0.900. The first-order valence-electron chi connectivity index (χ1n) is 6.67. The molecule has 6 nitrogen and oxygen atoms in total. The van der Waals surface area contributed by atoms with E-state index in [2.05, 4.69) is 9.88 Å². The van der Waals surface area contributed by atoms with Crippen LogP contribution in [-0.2, 0) is 11.3 Å². The van der Waals surface area contributed by atoms with Gasteiger partial charge in [-0.3, -0.25) is 0 Å². The normalized spacial score (nSPS) is 16.4. The molecule has 1 aromatic heterocycles. The maximum absolute atomic E-state index is 11.9. The van der Waals surface area contributed by atoms with Gasteiger partial charge in [0.2, 0.25) is 0 Å². The lowest BCUT2D eigenvalue weighted by Crippen LogP contribution is -2.50. The zero-order chi connectivity index (χ0) is 14.8. The Morgan fingerprint density at radius 1 is 1.40 bits per heavy atom. The molecule has 1 aliphatic heterocycles. The molecule has 112 valence electrons. The van der Waals surface area contributed by atoms with E-state index in [-0.39, 0.29) is 12.7 Å². The molecule has 1 N–H and O–H groups in total. The van der Waals surface area contributed by atoms with Crippen LogP contribution in [0.1, 0.15) is 26.5 Å². The summed E-state index contributed by atoms with van der Waals surface area (Å²) in [5.74, 6) is 0. The van der Waals surface area contributed by atoms with Crippen LogP contribution in [0.5, 0.6) is 0 Å². The third-order valence-electron chi connectivity index (χ3n) is 2.90. The fraction of sp³-hybridized carbons (Fsp3) is 0.692. The summed E-state index contributed by atoms with van der Waals surface area (Å²) in [4.78, 5) is 20.1. The summed E-state index contributed by atoms with van der Waals surface area (Å²) in [5, 5.41) is 11.8. The highest BCUT2D eigenvalue weighted by molar-refractivity contribution is 7.13. The lowest BCUT2D eigenvalue weighted by Gasteiger charge is -2.35. The molecule has 1 aliphatic rings. The van der Waals surface area contributed by atoms with Gasteiger partial charge in [-0.1, -0.05) is 0 Å². The van der Waals surface area contributed by atoms with Crippen LogP contribution in [0.2, 0.25) is 0 Å². The molecule has 2 heterocycles. The number of ether oxygens (including phenoxy) is 1. The van der Waals surface area contributed by atoms with E-state index < -0.39 is 5.60 Å². The number of nitrogens with zero attached hydrogens (tertiary/aromatic N) is 3. The molecular weight excluding hydrogens is 278 g/mol. The molecule has 0 atom stereocenters. The molecular formula is C13H21N3O3S. The first-order chi connectivity index (χ1) is 9.39. The van der Waals surface area contributed by atoms with Crippen molar-refractivity contribution >= 4 is 22.6 Å². The molecule has 1 saturated heterocycles. The summed E-state index contributed by atoms with van der Waals surface area (Å²) >= 11 is 1.52. The van der Waals surface area contributed by atoms with Gasteiger partial charge >= 0.3 is 6.09 Å². The van der Waals surface area contributed by atoms with Gasteiger partial charge in [-0.2, -0.15) is 0 Å². The summed E-state index contributed by atoms with van der Waals surface area (Å²) in [6.45, 7) is 8.29. The Bertz CT molecular complexity index is 462. The molecule has 20 heavy (non-hydrogen) atoms. The first kappa shape index (κ1) is 15.1. The van der Waals surface area contributed by atoms with Crippen LogP contribution in [-0.4, -0.2) is 52.9 Å². The van der Waals surface area contributed by atoms with Gasteiger partial charge in [-0.05, 0) is 20.8 Å². The monoisotopic (exact) mass is 299 g/mol. The molecule has 1 fully saturated rings. The van der Waals surface area contributed by atoms with E-state index in [9.17, 15) is 4.79 Å². The van der Waals surface area contributed by atoms with E-state index in [1.54, 1.807) is 4.90 Å². The molecule has 1 aromatic rings. The molecule has 0 saturated carbocycles. The number of carbonyl (C=O) groups is 1. The number of aromatic nitrogens is 1. The zero-order valence-electron chi connectivity index (χ0n) is 12.1. The van der Waals surface area contributed by atoms with Gasteiger partial charge in [0, 0.05) is 31.6 Å². The summed E-state index contributed by atoms with van der Waals surface area (Å²) in [6, 6.07) is 0. The number of carbonyl (C=O) groups excluding carboxylic acids is 1. The minimum Gasteiger partial charge on any atom is -0.444 e. The summed E-state index contributed by atoms with van der Waals surface area (Å²) < 4.78 is 5.36. The average Bonchev–Trinajstić information content (AvgIpc) is 2.85. The minimum absolute atomic E-state index is 0.0334. The topological polar surface area (TPSA) is 65.9 Å². The van der Waals surface area contributed by atoms with Crippen molar-refractivity contribution in [1.82, 2.24) is 9.88 Å². The van der Waals surface area contributed by atoms with Crippen molar-refractivity contribution in [3.63, 3.8) is 0 Å². The lowest BCUT2D eigenvalue weighted by atomic mass is 10.2. The van der Waals surface area contributed by atoms with Crippen molar-refractivity contribution in [2.24, 2.45) is 0 Å². The molecule has 0 spiro atoms. The number of amides is 1. The molecule has 7 heteroatoms. The van der Waals surface area contributed by atoms with Crippen molar-refractivity contribution in [3.8, 4) is 0 Å². The van der Waals surface area contributed by atoms with E-state index >= 15 is 0 Å². The van der Waals surface area contributed by atoms with Crippen molar-refractivity contribution in [2.45, 2.75) is 33.0 Å². The van der Waals surface area contributed by atoms with Crippen molar-refractivity contribution in [3.05, 3.63) is 11.1 Å². The predicted octanol–water partition coefficient (Wildman–Crippen LogP) is 1.69. The van der Waals surface area contributed by atoms with Gasteiger partial charge < -0.3 is 19.6 Å². The number of piperazine rings is 1. The van der Waals surface area contributed by atoms with Gasteiger partial charge in [-0.25, -0.2) is 9.78 Å². The minimum atomic E-state index is -0.459. The van der Waals surface area contributed by atoms with E-state index in [0.29, 0.717) is 18.8 Å². The van der Waals surface area contributed by atoms with Crippen molar-refractivity contribution < 1.29 is 14.6 Å². The molecule has 2 rings (SSSR count). The zero-order valence-corrected chi connectivity index (χ0v) is 12.9. The van der Waals surface area contributed by atoms with E-state index in [1.807, 2.05) is 26.2 Å². The second-order valence-electron chi connectivity index (χ2n) is 5.73. The molecule has 0 unspecified atom stereocenters. The number of anilines is 1. The Morgan fingerprint density at radius 3 is 2.55 bits per heavy atom. The third kappa shape index (κ3) is 3.83. The Labute approximate surface area is 123 Å². The third-order valence-corrected chi connectivity index (χ3v) is 3.85. The second kappa shape index (κ2) is 5.97. The van der Waals surface area contributed by atoms with E-state index in [1.165, 1.54) is 11.3 Å². The fourth-order valence-corrected chi connectivity index (χ4v) is 2.79. The highest BCUT2D eigenvalue weighted by atomic mass is 32.1. The molecule has 0 bridgehead atoms. The van der Waals surface area contributed by atoms with Crippen LogP contribution >= 0.6 is 11.3 Å². The molecule has 0 radical (unpaired) electrons. The van der Waals surface area contributed by atoms with Crippen molar-refractivity contribution in [2.75, 3.05) is 31.1 Å². The SMILES string of the molecule is CC(C)(C)OC(=O)N1CCN(c2nc(CO)cs2)CC1. The Hall–Kier alpha value is -1.34. The van der Waals surface area contributed by atoms with Crippen LogP contribution in [0.4, 0.5) is 9.93 Å². The number of aliphatic hydroxyl groups excluding tert-OH is 1. The summed E-state index contributed by atoms with van der Waals surface area (Å²) in [6.07, 6.45) is -0.257. The molecule has 0 aromatic carbocycles. The van der Waals surface area contributed by atoms with Gasteiger partial charge in [0.1, 0.15) is 5.60 Å². The van der Waals surface area contributed by atoms with Crippen LogP contribution in [0.3, 0.4) is 0 Å². The number of thiazole rings is 1. The molecule has 0 aliphatic carbocycles. The second-order valence-corrected chi connectivity index (χ2v) is 6.57. The average molecular weight is 299 g/mol. The summed E-state index contributed by atoms with van der Waals surface area (Å²) in [5.41, 5.74) is 0.235. The van der Waals surface area contributed by atoms with Gasteiger partial charge in [0.05, 0.1) is 12.3 Å². The predicted molar refractivity (Wildman–Crippen MR) is 78.1 cm³/mol. The smallest absolute Gasteiger partial charge is 0.410 e. The lowest BCUT2D eigenvalue weighted by molar-refractivity contribution is 0.0240. The van der Waals surface area contributed by atoms with Gasteiger partial charge in [0.15, 0.2) is 5.13 Å². The highest BCUT2D eigenvalue weighted by Crippen LogP contribution is 2.22. The largest absolute Gasteiger partial charge is 0.444 e. The van der Waals surface area contributed by atoms with Crippen LogP contribution < -0.4 is 4.90 Å². The Kier molecular flexibility index (Phi) is 4.49. The first-order valence-corrected chi connectivity index (χ1v) is 7.55. The fourth-order valence-electron chi connectivity index (χ4n) is 1.92. The maximum atomic E-state index is 11.9. The van der Waals surface area contributed by atoms with Gasteiger partial charge in [-0.15, -0.1) is 11.3 Å². The van der Waals surface area contributed by atoms with Crippen molar-refractivity contribution in [1.29, 1.82) is 0 Å². The Morgan fingerprint density at radius 2 is 2.05 bits per heavy atom. The Balaban J connectivity index is 1.87. The highest BCUT2D eigenvalue weighted by Gasteiger charge is 2.26. The number of hydrogen-bond donors (Lipinski definition) is 1. The summed E-state index contributed by atoms with van der Waals surface area (Å²) in [7, 11) is 0. The van der Waals surface area contributed by atoms with E-state index in [0.717, 1.165) is 18.2 Å². The molecule has 1 amide bonds. The number of rotatable bonds is 2. The number of hydrogen-bond acceptors (Lipinski definition) is 6. The van der Waals surface area contributed by atoms with Gasteiger partial charge in [0.25, 0.3) is 0 Å². The standard InChI is InChI=1S/C13H21N3O3S/c1-13(2,3)19-12(18)16-6-4-15(5-7-16)11-14-10(8-17)9-20-11/h9,17H,4-8H2,1-3H3. The maximum Gasteiger partial charge on any atom is 0.410 e. The van der Waals surface area contributed by atoms with Crippen LogP contribution in [0.25, 0.3) is 0 Å². The van der Waals surface area contributed by atoms with E-state index in [4.69, 9.17) is 9.84 Å².